The van der Waals surface area contributed by atoms with E-state index in [9.17, 15) is 17.6 Å². The largest absolute Gasteiger partial charge is 0.417 e. The molecule has 0 spiro atoms. The van der Waals surface area contributed by atoms with Crippen molar-refractivity contribution in [3.63, 3.8) is 0 Å². The SMILES string of the molecule is Fc1cccc(C(F)(F)F)c1-c1csc(Br)n1. The molecule has 1 aromatic carbocycles. The molecule has 0 aliphatic rings. The van der Waals surface area contributed by atoms with E-state index >= 15 is 0 Å². The Balaban J connectivity index is 2.67. The van der Waals surface area contributed by atoms with E-state index in [0.29, 0.717) is 3.92 Å². The molecule has 0 unspecified atom stereocenters. The average Bonchev–Trinajstić information content (AvgIpc) is 2.63. The number of alkyl halides is 3. The third-order valence-electron chi connectivity index (χ3n) is 2.05. The van der Waals surface area contributed by atoms with Gasteiger partial charge in [-0.25, -0.2) is 9.37 Å². The fraction of sp³-hybridized carbons (Fsp3) is 0.100. The van der Waals surface area contributed by atoms with Gasteiger partial charge >= 0.3 is 6.18 Å². The molecule has 0 saturated heterocycles. The topological polar surface area (TPSA) is 12.9 Å². The first kappa shape index (κ1) is 12.5. The number of benzene rings is 1. The molecule has 17 heavy (non-hydrogen) atoms. The number of hydrogen-bond acceptors (Lipinski definition) is 2. The van der Waals surface area contributed by atoms with Gasteiger partial charge in [0.05, 0.1) is 11.3 Å². The molecule has 0 amide bonds. The minimum Gasteiger partial charge on any atom is -0.229 e. The molecule has 0 saturated carbocycles. The van der Waals surface area contributed by atoms with Crippen LogP contribution in [-0.2, 0) is 6.18 Å². The highest BCUT2D eigenvalue weighted by molar-refractivity contribution is 9.11. The van der Waals surface area contributed by atoms with E-state index in [1.807, 2.05) is 0 Å². The predicted molar refractivity (Wildman–Crippen MR) is 60.2 cm³/mol. The molecule has 7 heteroatoms. The van der Waals surface area contributed by atoms with Crippen LogP contribution in [0, 0.1) is 5.82 Å². The summed E-state index contributed by atoms with van der Waals surface area (Å²) >= 11 is 4.13. The number of halogens is 5. The summed E-state index contributed by atoms with van der Waals surface area (Å²) in [5.74, 6) is -0.933. The van der Waals surface area contributed by atoms with Gasteiger partial charge in [-0.05, 0) is 28.1 Å². The smallest absolute Gasteiger partial charge is 0.229 e. The van der Waals surface area contributed by atoms with Crippen molar-refractivity contribution in [3.8, 4) is 11.3 Å². The summed E-state index contributed by atoms with van der Waals surface area (Å²) in [5.41, 5.74) is -1.55. The third-order valence-corrected chi connectivity index (χ3v) is 3.42. The Morgan fingerprint density at radius 1 is 1.24 bits per heavy atom. The minimum absolute atomic E-state index is 0.0210. The van der Waals surface area contributed by atoms with Crippen molar-refractivity contribution < 1.29 is 17.6 Å². The predicted octanol–water partition coefficient (Wildman–Crippen LogP) is 4.73. The second-order valence-electron chi connectivity index (χ2n) is 3.15. The molecule has 0 radical (unpaired) electrons. The van der Waals surface area contributed by atoms with Gasteiger partial charge in [0, 0.05) is 10.9 Å². The highest BCUT2D eigenvalue weighted by Gasteiger charge is 2.35. The highest BCUT2D eigenvalue weighted by Crippen LogP contribution is 2.39. The van der Waals surface area contributed by atoms with Crippen LogP contribution in [-0.4, -0.2) is 4.98 Å². The summed E-state index contributed by atoms with van der Waals surface area (Å²) in [5, 5.41) is 1.37. The van der Waals surface area contributed by atoms with E-state index in [2.05, 4.69) is 20.9 Å². The second-order valence-corrected chi connectivity index (χ2v) is 5.28. The Morgan fingerprint density at radius 3 is 2.47 bits per heavy atom. The molecule has 0 bridgehead atoms. The van der Waals surface area contributed by atoms with Gasteiger partial charge in [-0.3, -0.25) is 0 Å². The van der Waals surface area contributed by atoms with E-state index < -0.39 is 23.1 Å². The lowest BCUT2D eigenvalue weighted by Crippen LogP contribution is -2.08. The summed E-state index contributed by atoms with van der Waals surface area (Å²) in [6, 6.07) is 2.85. The normalized spacial score (nSPS) is 11.8. The van der Waals surface area contributed by atoms with Gasteiger partial charge in [0.2, 0.25) is 0 Å². The maximum absolute atomic E-state index is 13.5. The Hall–Kier alpha value is -0.950. The van der Waals surface area contributed by atoms with Crippen molar-refractivity contribution in [1.29, 1.82) is 0 Å². The molecule has 1 nitrogen and oxygen atoms in total. The van der Waals surface area contributed by atoms with E-state index in [4.69, 9.17) is 0 Å². The van der Waals surface area contributed by atoms with Crippen molar-refractivity contribution in [2.75, 3.05) is 0 Å². The average molecular weight is 326 g/mol. The lowest BCUT2D eigenvalue weighted by atomic mass is 10.0. The first-order valence-electron chi connectivity index (χ1n) is 4.36. The monoisotopic (exact) mass is 325 g/mol. The zero-order valence-electron chi connectivity index (χ0n) is 8.05. The zero-order valence-corrected chi connectivity index (χ0v) is 10.5. The molecule has 90 valence electrons. The van der Waals surface area contributed by atoms with Crippen molar-refractivity contribution in [2.24, 2.45) is 0 Å². The van der Waals surface area contributed by atoms with Crippen molar-refractivity contribution in [3.05, 3.63) is 38.9 Å². The molecule has 1 heterocycles. The maximum Gasteiger partial charge on any atom is 0.417 e. The van der Waals surface area contributed by atoms with Crippen LogP contribution in [0.3, 0.4) is 0 Å². The van der Waals surface area contributed by atoms with E-state index in [0.717, 1.165) is 29.5 Å². The van der Waals surface area contributed by atoms with Crippen LogP contribution >= 0.6 is 27.3 Å². The van der Waals surface area contributed by atoms with E-state index in [1.165, 1.54) is 5.38 Å². The van der Waals surface area contributed by atoms with Crippen LogP contribution < -0.4 is 0 Å². The molecule has 0 aliphatic carbocycles. The van der Waals surface area contributed by atoms with Gasteiger partial charge in [-0.15, -0.1) is 11.3 Å². The van der Waals surface area contributed by atoms with Crippen molar-refractivity contribution in [2.45, 2.75) is 6.18 Å². The van der Waals surface area contributed by atoms with Crippen LogP contribution in [0.2, 0.25) is 0 Å². The van der Waals surface area contributed by atoms with Gasteiger partial charge in [0.1, 0.15) is 5.82 Å². The Morgan fingerprint density at radius 2 is 1.94 bits per heavy atom. The number of hydrogen-bond donors (Lipinski definition) is 0. The number of rotatable bonds is 1. The van der Waals surface area contributed by atoms with Gasteiger partial charge in [0.15, 0.2) is 3.92 Å². The van der Waals surface area contributed by atoms with Gasteiger partial charge in [-0.2, -0.15) is 13.2 Å². The van der Waals surface area contributed by atoms with Crippen LogP contribution in [0.1, 0.15) is 5.56 Å². The zero-order chi connectivity index (χ0) is 12.6. The van der Waals surface area contributed by atoms with E-state index in [-0.39, 0.29) is 5.69 Å². The number of nitrogens with zero attached hydrogens (tertiary/aromatic N) is 1. The van der Waals surface area contributed by atoms with Crippen molar-refractivity contribution in [1.82, 2.24) is 4.98 Å². The van der Waals surface area contributed by atoms with Crippen LogP contribution in [0.15, 0.2) is 27.5 Å². The Kier molecular flexibility index (Phi) is 3.22. The minimum atomic E-state index is -4.60. The molecular weight excluding hydrogens is 322 g/mol. The van der Waals surface area contributed by atoms with Crippen LogP contribution in [0.4, 0.5) is 17.6 Å². The standard InChI is InChI=1S/C10H4BrF4NS/c11-9-16-7(4-17-9)8-5(10(13,14)15)2-1-3-6(8)12/h1-4H. The van der Waals surface area contributed by atoms with Crippen molar-refractivity contribution >= 4 is 27.3 Å². The number of aromatic nitrogens is 1. The molecular formula is C10H4BrF4NS. The fourth-order valence-electron chi connectivity index (χ4n) is 1.39. The second kappa shape index (κ2) is 4.38. The molecule has 2 rings (SSSR count). The number of thiazole rings is 1. The maximum atomic E-state index is 13.5. The first-order chi connectivity index (χ1) is 7.89. The molecule has 1 aromatic heterocycles. The summed E-state index contributed by atoms with van der Waals surface area (Å²) in [6.07, 6.45) is -4.60. The lowest BCUT2D eigenvalue weighted by Gasteiger charge is -2.11. The Bertz CT molecular complexity index is 549. The van der Waals surface area contributed by atoms with Crippen LogP contribution in [0.5, 0.6) is 0 Å². The van der Waals surface area contributed by atoms with E-state index in [1.54, 1.807) is 0 Å². The lowest BCUT2D eigenvalue weighted by molar-refractivity contribution is -0.137. The summed E-state index contributed by atoms with van der Waals surface area (Å²) in [4.78, 5) is 3.81. The van der Waals surface area contributed by atoms with Gasteiger partial charge in [0.25, 0.3) is 0 Å². The third kappa shape index (κ3) is 2.50. The quantitative estimate of drug-likeness (QED) is 0.691. The van der Waals surface area contributed by atoms with Crippen LogP contribution in [0.25, 0.3) is 11.3 Å². The van der Waals surface area contributed by atoms with Gasteiger partial charge in [-0.1, -0.05) is 6.07 Å². The molecule has 0 atom stereocenters. The highest BCUT2D eigenvalue weighted by atomic mass is 79.9. The molecule has 0 fully saturated rings. The molecule has 2 aromatic rings. The Labute approximate surface area is 106 Å². The summed E-state index contributed by atoms with van der Waals surface area (Å²) < 4.78 is 52.1. The molecule has 0 N–H and O–H groups in total. The molecule has 0 aliphatic heterocycles. The summed E-state index contributed by atoms with van der Waals surface area (Å²) in [7, 11) is 0. The fourth-order valence-corrected chi connectivity index (χ4v) is 2.39. The first-order valence-corrected chi connectivity index (χ1v) is 6.04. The van der Waals surface area contributed by atoms with Gasteiger partial charge < -0.3 is 0 Å². The summed E-state index contributed by atoms with van der Waals surface area (Å²) in [6.45, 7) is 0.